The van der Waals surface area contributed by atoms with Crippen LogP contribution in [0.1, 0.15) is 25.7 Å². The normalized spacial score (nSPS) is 23.7. The molecule has 0 spiro atoms. The molecule has 1 aliphatic carbocycles. The van der Waals surface area contributed by atoms with Gasteiger partial charge in [-0.15, -0.1) is 0 Å². The Labute approximate surface area is 139 Å². The summed E-state index contributed by atoms with van der Waals surface area (Å²) in [4.78, 5) is 20.5. The number of nitrogens with one attached hydrogen (secondary N) is 2. The first-order valence-corrected chi connectivity index (χ1v) is 8.29. The molecule has 1 saturated heterocycles. The predicted octanol–water partition coefficient (Wildman–Crippen LogP) is 1.74. The van der Waals surface area contributed by atoms with E-state index in [0.29, 0.717) is 30.1 Å². The third-order valence-corrected chi connectivity index (χ3v) is 4.47. The van der Waals surface area contributed by atoms with Crippen LogP contribution in [0, 0.1) is 5.92 Å². The molecule has 0 bridgehead atoms. The highest BCUT2D eigenvalue weighted by atomic mass is 16.5. The number of aromatic nitrogens is 4. The number of rotatable bonds is 4. The van der Waals surface area contributed by atoms with Crippen LogP contribution in [0.3, 0.4) is 0 Å². The Morgan fingerprint density at radius 3 is 3.04 bits per heavy atom. The summed E-state index contributed by atoms with van der Waals surface area (Å²) in [6, 6.07) is 3.48. The average molecular weight is 328 g/mol. The van der Waals surface area contributed by atoms with Gasteiger partial charge in [0.25, 0.3) is 0 Å². The number of urea groups is 1. The Hall–Kier alpha value is -2.48. The van der Waals surface area contributed by atoms with E-state index < -0.39 is 0 Å². The summed E-state index contributed by atoms with van der Waals surface area (Å²) in [6.45, 7) is 0.712. The maximum Gasteiger partial charge on any atom is 0.319 e. The van der Waals surface area contributed by atoms with Gasteiger partial charge >= 0.3 is 6.03 Å². The quantitative estimate of drug-likeness (QED) is 0.891. The fourth-order valence-corrected chi connectivity index (χ4v) is 3.09. The summed E-state index contributed by atoms with van der Waals surface area (Å²) in [7, 11) is 0. The van der Waals surface area contributed by atoms with Crippen molar-refractivity contribution in [2.45, 2.75) is 37.8 Å². The van der Waals surface area contributed by atoms with Gasteiger partial charge < -0.3 is 15.4 Å². The first kappa shape index (κ1) is 15.1. The van der Waals surface area contributed by atoms with E-state index in [9.17, 15) is 4.79 Å². The van der Waals surface area contributed by atoms with Gasteiger partial charge in [-0.05, 0) is 43.7 Å². The molecule has 1 aliphatic heterocycles. The highest BCUT2D eigenvalue weighted by Gasteiger charge is 2.36. The molecule has 24 heavy (non-hydrogen) atoms. The molecule has 126 valence electrons. The fourth-order valence-electron chi connectivity index (χ4n) is 3.09. The molecule has 1 saturated carbocycles. The van der Waals surface area contributed by atoms with Crippen LogP contribution in [-0.4, -0.2) is 44.5 Å². The van der Waals surface area contributed by atoms with Crippen LogP contribution < -0.4 is 10.6 Å². The molecule has 2 fully saturated rings. The molecule has 2 atom stereocenters. The number of carbonyl (C=O) groups excluding carboxylic acids is 1. The predicted molar refractivity (Wildman–Crippen MR) is 86.8 cm³/mol. The van der Waals surface area contributed by atoms with Crippen molar-refractivity contribution in [3.05, 3.63) is 31.0 Å². The maximum absolute atomic E-state index is 12.4. The van der Waals surface area contributed by atoms with E-state index >= 15 is 0 Å². The van der Waals surface area contributed by atoms with Crippen LogP contribution in [0.5, 0.6) is 0 Å². The van der Waals surface area contributed by atoms with Crippen molar-refractivity contribution in [3.8, 4) is 5.82 Å². The lowest BCUT2D eigenvalue weighted by molar-refractivity contribution is -0.00889. The lowest BCUT2D eigenvalue weighted by Gasteiger charge is -2.30. The van der Waals surface area contributed by atoms with Gasteiger partial charge in [0.15, 0.2) is 5.82 Å². The van der Waals surface area contributed by atoms with E-state index in [0.717, 1.165) is 12.8 Å². The largest absolute Gasteiger partial charge is 0.378 e. The van der Waals surface area contributed by atoms with Gasteiger partial charge in [-0.2, -0.15) is 5.10 Å². The lowest BCUT2D eigenvalue weighted by atomic mass is 10.0. The second-order valence-corrected chi connectivity index (χ2v) is 6.28. The molecule has 2 aliphatic rings. The highest BCUT2D eigenvalue weighted by Crippen LogP contribution is 2.38. The molecule has 2 amide bonds. The minimum atomic E-state index is -0.231. The summed E-state index contributed by atoms with van der Waals surface area (Å²) in [5, 5.41) is 9.97. The van der Waals surface area contributed by atoms with Gasteiger partial charge in [0, 0.05) is 18.8 Å². The van der Waals surface area contributed by atoms with Crippen molar-refractivity contribution in [1.82, 2.24) is 25.1 Å². The van der Waals surface area contributed by atoms with Gasteiger partial charge in [-0.25, -0.2) is 19.4 Å². The van der Waals surface area contributed by atoms with E-state index in [-0.39, 0.29) is 12.1 Å². The third kappa shape index (κ3) is 3.38. The van der Waals surface area contributed by atoms with Gasteiger partial charge in [0.2, 0.25) is 0 Å². The maximum atomic E-state index is 12.4. The number of anilines is 1. The van der Waals surface area contributed by atoms with E-state index in [1.165, 1.54) is 23.9 Å². The monoisotopic (exact) mass is 328 g/mol. The number of hydrogen-bond acceptors (Lipinski definition) is 5. The topological polar surface area (TPSA) is 94.0 Å². The highest BCUT2D eigenvalue weighted by molar-refractivity contribution is 5.91. The van der Waals surface area contributed by atoms with Gasteiger partial charge in [-0.3, -0.25) is 0 Å². The zero-order valence-electron chi connectivity index (χ0n) is 13.3. The summed E-state index contributed by atoms with van der Waals surface area (Å²) >= 11 is 0. The van der Waals surface area contributed by atoms with E-state index in [2.05, 4.69) is 25.7 Å². The molecule has 8 nitrogen and oxygen atoms in total. The van der Waals surface area contributed by atoms with Crippen LogP contribution in [-0.2, 0) is 4.74 Å². The second-order valence-electron chi connectivity index (χ2n) is 6.28. The molecule has 2 aromatic heterocycles. The smallest absolute Gasteiger partial charge is 0.319 e. The third-order valence-electron chi connectivity index (χ3n) is 4.47. The molecular formula is C16H20N6O2. The molecule has 0 radical (unpaired) electrons. The number of pyridine rings is 1. The Morgan fingerprint density at radius 1 is 1.33 bits per heavy atom. The average Bonchev–Trinajstić information content (AvgIpc) is 3.31. The van der Waals surface area contributed by atoms with Crippen molar-refractivity contribution >= 4 is 11.7 Å². The Bertz CT molecular complexity index is 700. The summed E-state index contributed by atoms with van der Waals surface area (Å²) in [6.07, 6.45) is 9.16. The van der Waals surface area contributed by atoms with Crippen LogP contribution >= 0.6 is 0 Å². The first-order valence-electron chi connectivity index (χ1n) is 8.29. The number of nitrogens with zero attached hydrogens (tertiary/aromatic N) is 4. The van der Waals surface area contributed by atoms with E-state index in [1.807, 2.05) is 0 Å². The number of carbonyl (C=O) groups is 1. The van der Waals surface area contributed by atoms with Gasteiger partial charge in [-0.1, -0.05) is 0 Å². The van der Waals surface area contributed by atoms with E-state index in [1.54, 1.807) is 24.7 Å². The number of ether oxygens (including phenoxy) is 1. The molecule has 3 heterocycles. The number of hydrogen-bond donors (Lipinski definition) is 2. The first-order chi connectivity index (χ1) is 11.8. The minimum absolute atomic E-state index is 0.149. The second kappa shape index (κ2) is 6.56. The molecule has 0 aromatic carbocycles. The van der Waals surface area contributed by atoms with Crippen molar-refractivity contribution < 1.29 is 9.53 Å². The zero-order valence-corrected chi connectivity index (χ0v) is 13.3. The zero-order chi connectivity index (χ0) is 16.4. The Kier molecular flexibility index (Phi) is 4.12. The van der Waals surface area contributed by atoms with Crippen LogP contribution in [0.25, 0.3) is 5.82 Å². The number of amides is 2. The molecular weight excluding hydrogens is 308 g/mol. The Morgan fingerprint density at radius 2 is 2.25 bits per heavy atom. The summed E-state index contributed by atoms with van der Waals surface area (Å²) < 4.78 is 7.32. The summed E-state index contributed by atoms with van der Waals surface area (Å²) in [5.74, 6) is 1.22. The summed E-state index contributed by atoms with van der Waals surface area (Å²) in [5.41, 5.74) is 0.589. The van der Waals surface area contributed by atoms with Crippen molar-refractivity contribution in [3.63, 3.8) is 0 Å². The van der Waals surface area contributed by atoms with Crippen LogP contribution in [0.4, 0.5) is 10.5 Å². The van der Waals surface area contributed by atoms with Crippen LogP contribution in [0.2, 0.25) is 0 Å². The van der Waals surface area contributed by atoms with Crippen molar-refractivity contribution in [2.24, 2.45) is 5.92 Å². The van der Waals surface area contributed by atoms with Gasteiger partial charge in [0.1, 0.15) is 12.7 Å². The molecule has 2 N–H and O–H groups in total. The van der Waals surface area contributed by atoms with Gasteiger partial charge in [0.05, 0.1) is 11.8 Å². The minimum Gasteiger partial charge on any atom is -0.378 e. The van der Waals surface area contributed by atoms with Crippen molar-refractivity contribution in [2.75, 3.05) is 11.9 Å². The SMILES string of the molecule is O=C(Nc1cccnc1-n1cncn1)N[C@@H]1CCO[C@H](C2CC2)C1. The lowest BCUT2D eigenvalue weighted by Crippen LogP contribution is -2.44. The standard InChI is InChI=1S/C16H20N6O2/c23-16(20-12-5-7-24-14(8-12)11-3-4-11)21-13-2-1-6-18-15(13)22-10-17-9-19-22/h1-2,6,9-12,14H,3-5,7-8H2,(H2,20,21,23)/t12-,14+/m1/s1. The molecule has 0 unspecified atom stereocenters. The molecule has 8 heteroatoms. The Balaban J connectivity index is 1.39. The van der Waals surface area contributed by atoms with Crippen LogP contribution in [0.15, 0.2) is 31.0 Å². The molecule has 2 aromatic rings. The van der Waals surface area contributed by atoms with E-state index in [4.69, 9.17) is 4.74 Å². The van der Waals surface area contributed by atoms with Crippen molar-refractivity contribution in [1.29, 1.82) is 0 Å². The fraction of sp³-hybridized carbons (Fsp3) is 0.500. The molecule has 4 rings (SSSR count).